The van der Waals surface area contributed by atoms with Gasteiger partial charge < -0.3 is 10.2 Å². The smallest absolute Gasteiger partial charge is 0.336 e. The van der Waals surface area contributed by atoms with Crippen LogP contribution in [0, 0.1) is 0 Å². The van der Waals surface area contributed by atoms with Crippen molar-refractivity contribution in [2.75, 3.05) is 0 Å². The van der Waals surface area contributed by atoms with Crippen LogP contribution >= 0.6 is 0 Å². The van der Waals surface area contributed by atoms with Gasteiger partial charge in [0, 0.05) is 0 Å². The molecule has 0 aliphatic rings. The van der Waals surface area contributed by atoms with Crippen molar-refractivity contribution in [3.63, 3.8) is 0 Å². The van der Waals surface area contributed by atoms with Gasteiger partial charge in [-0.25, -0.2) is 4.79 Å². The highest BCUT2D eigenvalue weighted by molar-refractivity contribution is 6.15. The predicted molar refractivity (Wildman–Crippen MR) is 53.7 cm³/mol. The predicted octanol–water partition coefficient (Wildman–Crippen LogP) is 1.54. The number of carbonyl (C=O) groups is 1. The average molecular weight is 192 g/mol. The minimum Gasteiger partial charge on any atom is -0.478 e. The van der Waals surface area contributed by atoms with Crippen LogP contribution in [-0.2, 0) is 4.79 Å². The lowest BCUT2D eigenvalue weighted by Crippen LogP contribution is -2.04. The van der Waals surface area contributed by atoms with E-state index in [1.165, 1.54) is 13.0 Å². The Balaban J connectivity index is 3.08. The van der Waals surface area contributed by atoms with Gasteiger partial charge in [-0.15, -0.1) is 0 Å². The summed E-state index contributed by atoms with van der Waals surface area (Å²) in [6.07, 6.45) is 0.554. The SMILES string of the molecule is CC(O)C=C(C(=O)O)c1ccccc1. The lowest BCUT2D eigenvalue weighted by atomic mass is 10.0. The molecule has 0 saturated heterocycles. The van der Waals surface area contributed by atoms with E-state index in [1.54, 1.807) is 24.3 Å². The molecule has 74 valence electrons. The van der Waals surface area contributed by atoms with E-state index in [1.807, 2.05) is 6.07 Å². The van der Waals surface area contributed by atoms with Gasteiger partial charge in [-0.05, 0) is 18.6 Å². The fraction of sp³-hybridized carbons (Fsp3) is 0.182. The number of rotatable bonds is 3. The first kappa shape index (κ1) is 10.5. The molecule has 0 spiro atoms. The van der Waals surface area contributed by atoms with Crippen molar-refractivity contribution in [1.29, 1.82) is 0 Å². The van der Waals surface area contributed by atoms with Crippen LogP contribution < -0.4 is 0 Å². The maximum absolute atomic E-state index is 10.9. The van der Waals surface area contributed by atoms with Gasteiger partial charge in [-0.2, -0.15) is 0 Å². The zero-order valence-electron chi connectivity index (χ0n) is 7.84. The summed E-state index contributed by atoms with van der Waals surface area (Å²) in [5.74, 6) is -1.03. The first-order chi connectivity index (χ1) is 6.61. The Hall–Kier alpha value is -1.61. The zero-order valence-corrected chi connectivity index (χ0v) is 7.84. The maximum atomic E-state index is 10.9. The third-order valence-corrected chi connectivity index (χ3v) is 1.72. The van der Waals surface area contributed by atoms with Crippen LogP contribution in [0.4, 0.5) is 0 Å². The standard InChI is InChI=1S/C11H12O3/c1-8(12)7-10(11(13)14)9-5-3-2-4-6-9/h2-8,12H,1H3,(H,13,14). The Labute approximate surface area is 82.3 Å². The number of aliphatic carboxylic acids is 1. The summed E-state index contributed by atoms with van der Waals surface area (Å²) >= 11 is 0. The van der Waals surface area contributed by atoms with E-state index < -0.39 is 12.1 Å². The van der Waals surface area contributed by atoms with E-state index in [2.05, 4.69) is 0 Å². The summed E-state index contributed by atoms with van der Waals surface area (Å²) in [5, 5.41) is 18.0. The Morgan fingerprint density at radius 3 is 2.36 bits per heavy atom. The summed E-state index contributed by atoms with van der Waals surface area (Å²) < 4.78 is 0. The molecule has 14 heavy (non-hydrogen) atoms. The normalized spacial score (nSPS) is 13.7. The van der Waals surface area contributed by atoms with E-state index in [-0.39, 0.29) is 5.57 Å². The molecule has 3 heteroatoms. The first-order valence-electron chi connectivity index (χ1n) is 4.30. The van der Waals surface area contributed by atoms with Gasteiger partial charge in [0.1, 0.15) is 0 Å². The van der Waals surface area contributed by atoms with Crippen molar-refractivity contribution in [2.45, 2.75) is 13.0 Å². The number of carboxylic acid groups (broad SMARTS) is 1. The summed E-state index contributed by atoms with van der Waals surface area (Å²) in [6, 6.07) is 8.72. The molecule has 1 aromatic rings. The lowest BCUT2D eigenvalue weighted by Gasteiger charge is -2.03. The van der Waals surface area contributed by atoms with Gasteiger partial charge in [-0.3, -0.25) is 0 Å². The topological polar surface area (TPSA) is 57.5 Å². The molecule has 1 unspecified atom stereocenters. The van der Waals surface area contributed by atoms with Crippen molar-refractivity contribution in [3.05, 3.63) is 42.0 Å². The molecule has 0 radical (unpaired) electrons. The third-order valence-electron chi connectivity index (χ3n) is 1.72. The second-order valence-electron chi connectivity index (χ2n) is 2.99. The van der Waals surface area contributed by atoms with Crippen LogP contribution in [0.5, 0.6) is 0 Å². The van der Waals surface area contributed by atoms with E-state index in [0.29, 0.717) is 5.56 Å². The highest BCUT2D eigenvalue weighted by Gasteiger charge is 2.10. The van der Waals surface area contributed by atoms with E-state index in [9.17, 15) is 4.79 Å². The summed E-state index contributed by atoms with van der Waals surface area (Å²) in [4.78, 5) is 10.9. The monoisotopic (exact) mass is 192 g/mol. The van der Waals surface area contributed by atoms with Gasteiger partial charge in [0.05, 0.1) is 11.7 Å². The molecule has 1 atom stereocenters. The number of carboxylic acids is 1. The first-order valence-corrected chi connectivity index (χ1v) is 4.30. The number of aliphatic hydroxyl groups excluding tert-OH is 1. The van der Waals surface area contributed by atoms with Crippen LogP contribution in [0.3, 0.4) is 0 Å². The van der Waals surface area contributed by atoms with Crippen LogP contribution in [0.2, 0.25) is 0 Å². The molecule has 1 aromatic carbocycles. The van der Waals surface area contributed by atoms with E-state index in [4.69, 9.17) is 10.2 Å². The molecular formula is C11H12O3. The summed E-state index contributed by atoms with van der Waals surface area (Å²) in [7, 11) is 0. The van der Waals surface area contributed by atoms with Crippen molar-refractivity contribution >= 4 is 11.5 Å². The largest absolute Gasteiger partial charge is 0.478 e. The number of hydrogen-bond acceptors (Lipinski definition) is 2. The molecule has 0 bridgehead atoms. The zero-order chi connectivity index (χ0) is 10.6. The lowest BCUT2D eigenvalue weighted by molar-refractivity contribution is -0.130. The average Bonchev–Trinajstić information content (AvgIpc) is 2.15. The molecule has 0 aliphatic carbocycles. The van der Waals surface area contributed by atoms with Crippen molar-refractivity contribution in [1.82, 2.24) is 0 Å². The Kier molecular flexibility index (Phi) is 3.42. The second-order valence-corrected chi connectivity index (χ2v) is 2.99. The molecule has 0 heterocycles. The van der Waals surface area contributed by atoms with Gasteiger partial charge in [0.15, 0.2) is 0 Å². The Morgan fingerprint density at radius 1 is 1.36 bits per heavy atom. The molecule has 2 N–H and O–H groups in total. The highest BCUT2D eigenvalue weighted by Crippen LogP contribution is 2.14. The molecule has 1 rings (SSSR count). The van der Waals surface area contributed by atoms with Gasteiger partial charge in [0.2, 0.25) is 0 Å². The fourth-order valence-corrected chi connectivity index (χ4v) is 1.15. The molecule has 0 saturated carbocycles. The number of hydrogen-bond donors (Lipinski definition) is 2. The minimum absolute atomic E-state index is 0.126. The highest BCUT2D eigenvalue weighted by atomic mass is 16.4. The number of benzene rings is 1. The number of aliphatic hydroxyl groups is 1. The van der Waals surface area contributed by atoms with Crippen LogP contribution in [0.15, 0.2) is 36.4 Å². The van der Waals surface area contributed by atoms with Crippen molar-refractivity contribution < 1.29 is 15.0 Å². The van der Waals surface area contributed by atoms with Gasteiger partial charge in [-0.1, -0.05) is 30.3 Å². The minimum atomic E-state index is -1.03. The summed E-state index contributed by atoms with van der Waals surface area (Å²) in [5.41, 5.74) is 0.724. The Bertz CT molecular complexity index is 339. The fourth-order valence-electron chi connectivity index (χ4n) is 1.15. The van der Waals surface area contributed by atoms with Crippen LogP contribution in [0.1, 0.15) is 12.5 Å². The molecule has 0 fully saturated rings. The quantitative estimate of drug-likeness (QED) is 0.714. The summed E-state index contributed by atoms with van der Waals surface area (Å²) in [6.45, 7) is 1.52. The van der Waals surface area contributed by atoms with Crippen molar-refractivity contribution in [2.24, 2.45) is 0 Å². The Morgan fingerprint density at radius 2 is 1.93 bits per heavy atom. The van der Waals surface area contributed by atoms with Gasteiger partial charge >= 0.3 is 5.97 Å². The van der Waals surface area contributed by atoms with E-state index >= 15 is 0 Å². The molecule has 0 amide bonds. The van der Waals surface area contributed by atoms with Crippen molar-refractivity contribution in [3.8, 4) is 0 Å². The van der Waals surface area contributed by atoms with Gasteiger partial charge in [0.25, 0.3) is 0 Å². The molecule has 0 aromatic heterocycles. The third kappa shape index (κ3) is 2.71. The maximum Gasteiger partial charge on any atom is 0.336 e. The molecule has 0 aliphatic heterocycles. The molecular weight excluding hydrogens is 180 g/mol. The van der Waals surface area contributed by atoms with Crippen LogP contribution in [-0.4, -0.2) is 22.3 Å². The van der Waals surface area contributed by atoms with E-state index in [0.717, 1.165) is 0 Å². The van der Waals surface area contributed by atoms with Crippen LogP contribution in [0.25, 0.3) is 5.57 Å². The molecule has 3 nitrogen and oxygen atoms in total. The second kappa shape index (κ2) is 4.58.